The van der Waals surface area contributed by atoms with E-state index in [1.165, 1.54) is 0 Å². The third kappa shape index (κ3) is 2.93. The number of rotatable bonds is 3. The van der Waals surface area contributed by atoms with Crippen LogP contribution in [0, 0.1) is 5.92 Å². The Balaban J connectivity index is 1.78. The molecular weight excluding hydrogens is 310 g/mol. The van der Waals surface area contributed by atoms with Crippen LogP contribution in [0.2, 0.25) is 0 Å². The summed E-state index contributed by atoms with van der Waals surface area (Å²) in [7, 11) is 0. The molecule has 1 unspecified atom stereocenters. The molecular formula is C22H19NO2. The fraction of sp³-hybridized carbons (Fsp3) is 0.182. The van der Waals surface area contributed by atoms with Gasteiger partial charge in [-0.05, 0) is 43.0 Å². The largest absolute Gasteiger partial charge is 0.423 e. The van der Waals surface area contributed by atoms with Gasteiger partial charge in [0.15, 0.2) is 0 Å². The highest BCUT2D eigenvalue weighted by molar-refractivity contribution is 6.14. The van der Waals surface area contributed by atoms with Crippen molar-refractivity contribution >= 4 is 27.8 Å². The zero-order valence-electron chi connectivity index (χ0n) is 14.1. The number of hydrogen-bond acceptors (Lipinski definition) is 3. The molecule has 0 fully saturated rings. The maximum Gasteiger partial charge on any atom is 0.344 e. The van der Waals surface area contributed by atoms with Crippen LogP contribution in [0.1, 0.15) is 30.1 Å². The second-order valence-corrected chi connectivity index (χ2v) is 6.28. The molecule has 0 amide bonds. The highest BCUT2D eigenvalue weighted by atomic mass is 16.5. The van der Waals surface area contributed by atoms with E-state index in [9.17, 15) is 4.79 Å². The van der Waals surface area contributed by atoms with Gasteiger partial charge in [-0.3, -0.25) is 0 Å². The third-order valence-electron chi connectivity index (χ3n) is 4.68. The smallest absolute Gasteiger partial charge is 0.344 e. The van der Waals surface area contributed by atoms with E-state index >= 15 is 0 Å². The zero-order valence-corrected chi connectivity index (χ0v) is 14.1. The van der Waals surface area contributed by atoms with Gasteiger partial charge in [-0.15, -0.1) is 0 Å². The van der Waals surface area contributed by atoms with Gasteiger partial charge < -0.3 is 4.74 Å². The second kappa shape index (κ2) is 6.52. The Bertz CT molecular complexity index is 963. The SMILES string of the molecule is CCC1C=CC(OC(=O)c2c3ccccc3nc3ccccc23)=CC1. The van der Waals surface area contributed by atoms with E-state index in [0.29, 0.717) is 17.2 Å². The highest BCUT2D eigenvalue weighted by Gasteiger charge is 2.19. The number of fused-ring (bicyclic) bond motifs is 2. The predicted molar refractivity (Wildman–Crippen MR) is 100 cm³/mol. The van der Waals surface area contributed by atoms with Crippen LogP contribution in [-0.2, 0) is 4.74 Å². The molecule has 0 saturated carbocycles. The monoisotopic (exact) mass is 329 g/mol. The lowest BCUT2D eigenvalue weighted by atomic mass is 9.97. The topological polar surface area (TPSA) is 39.2 Å². The number of nitrogens with zero attached hydrogens (tertiary/aromatic N) is 1. The van der Waals surface area contributed by atoms with Crippen LogP contribution in [0.3, 0.4) is 0 Å². The summed E-state index contributed by atoms with van der Waals surface area (Å²) in [6.07, 6.45) is 8.02. The number of benzene rings is 2. The summed E-state index contributed by atoms with van der Waals surface area (Å²) in [4.78, 5) is 17.6. The summed E-state index contributed by atoms with van der Waals surface area (Å²) >= 11 is 0. The quantitative estimate of drug-likeness (QED) is 0.476. The Morgan fingerprint density at radius 3 is 2.28 bits per heavy atom. The third-order valence-corrected chi connectivity index (χ3v) is 4.68. The van der Waals surface area contributed by atoms with E-state index in [1.54, 1.807) is 0 Å². The summed E-state index contributed by atoms with van der Waals surface area (Å²) in [5.41, 5.74) is 2.17. The van der Waals surface area contributed by atoms with Gasteiger partial charge in [0.1, 0.15) is 5.76 Å². The molecule has 1 aliphatic carbocycles. The Hall–Kier alpha value is -2.94. The molecule has 0 saturated heterocycles. The minimum atomic E-state index is -0.333. The van der Waals surface area contributed by atoms with Crippen LogP contribution in [0.5, 0.6) is 0 Å². The maximum absolute atomic E-state index is 13.0. The Kier molecular flexibility index (Phi) is 4.06. The van der Waals surface area contributed by atoms with Crippen molar-refractivity contribution in [2.75, 3.05) is 0 Å². The molecule has 4 rings (SSSR count). The fourth-order valence-electron chi connectivity index (χ4n) is 3.24. The molecule has 0 spiro atoms. The normalized spacial score (nSPS) is 16.8. The van der Waals surface area contributed by atoms with Gasteiger partial charge in [-0.1, -0.05) is 49.4 Å². The minimum absolute atomic E-state index is 0.333. The summed E-state index contributed by atoms with van der Waals surface area (Å²) < 4.78 is 5.69. The number of hydrogen-bond donors (Lipinski definition) is 0. The van der Waals surface area contributed by atoms with Crippen molar-refractivity contribution in [1.82, 2.24) is 4.98 Å². The molecule has 124 valence electrons. The lowest BCUT2D eigenvalue weighted by molar-refractivity contribution is 0.0638. The van der Waals surface area contributed by atoms with Crippen LogP contribution >= 0.6 is 0 Å². The Labute approximate surface area is 146 Å². The Morgan fingerprint density at radius 1 is 1.08 bits per heavy atom. The molecule has 1 atom stereocenters. The van der Waals surface area contributed by atoms with Crippen LogP contribution in [0.25, 0.3) is 21.8 Å². The van der Waals surface area contributed by atoms with Gasteiger partial charge in [-0.2, -0.15) is 0 Å². The van der Waals surface area contributed by atoms with Crippen LogP contribution in [0.4, 0.5) is 0 Å². The molecule has 1 aromatic heterocycles. The lowest BCUT2D eigenvalue weighted by Crippen LogP contribution is -2.09. The molecule has 3 nitrogen and oxygen atoms in total. The predicted octanol–water partition coefficient (Wildman–Crippen LogP) is 5.41. The summed E-state index contributed by atoms with van der Waals surface area (Å²) in [5, 5.41) is 1.64. The first-order chi connectivity index (χ1) is 12.3. The molecule has 0 N–H and O–H groups in total. The summed E-state index contributed by atoms with van der Waals surface area (Å²) in [6.45, 7) is 2.16. The van der Waals surface area contributed by atoms with Gasteiger partial charge >= 0.3 is 5.97 Å². The standard InChI is InChI=1S/C22H19NO2/c1-2-15-11-13-16(14-12-15)25-22(24)21-17-7-3-5-9-19(17)23-20-10-6-4-8-18(20)21/h3-11,13-15H,2,12H2,1H3. The van der Waals surface area contributed by atoms with Crippen LogP contribution < -0.4 is 0 Å². The van der Waals surface area contributed by atoms with Crippen molar-refractivity contribution in [3.63, 3.8) is 0 Å². The van der Waals surface area contributed by atoms with Gasteiger partial charge in [0.25, 0.3) is 0 Å². The number of esters is 1. The van der Waals surface area contributed by atoms with Crippen molar-refractivity contribution in [3.05, 3.63) is 78.1 Å². The number of ether oxygens (including phenoxy) is 1. The number of pyridine rings is 1. The van der Waals surface area contributed by atoms with Crippen molar-refractivity contribution in [2.24, 2.45) is 5.92 Å². The van der Waals surface area contributed by atoms with E-state index in [2.05, 4.69) is 18.0 Å². The van der Waals surface area contributed by atoms with Crippen molar-refractivity contribution in [2.45, 2.75) is 19.8 Å². The minimum Gasteiger partial charge on any atom is -0.423 e. The average molecular weight is 329 g/mol. The van der Waals surface area contributed by atoms with Gasteiger partial charge in [0, 0.05) is 10.8 Å². The van der Waals surface area contributed by atoms with Crippen LogP contribution in [0.15, 0.2) is 72.5 Å². The van der Waals surface area contributed by atoms with Crippen molar-refractivity contribution < 1.29 is 9.53 Å². The first kappa shape index (κ1) is 15.6. The first-order valence-corrected chi connectivity index (χ1v) is 8.64. The molecule has 0 radical (unpaired) electrons. The molecule has 3 aromatic rings. The molecule has 2 aromatic carbocycles. The molecule has 0 bridgehead atoms. The number of carbonyl (C=O) groups is 1. The van der Waals surface area contributed by atoms with Gasteiger partial charge in [-0.25, -0.2) is 9.78 Å². The lowest BCUT2D eigenvalue weighted by Gasteiger charge is -2.15. The van der Waals surface area contributed by atoms with Crippen LogP contribution in [-0.4, -0.2) is 11.0 Å². The first-order valence-electron chi connectivity index (χ1n) is 8.64. The second-order valence-electron chi connectivity index (χ2n) is 6.28. The van der Waals surface area contributed by atoms with Gasteiger partial charge in [0.2, 0.25) is 0 Å². The van der Waals surface area contributed by atoms with Crippen molar-refractivity contribution in [1.29, 1.82) is 0 Å². The average Bonchev–Trinajstić information content (AvgIpc) is 2.66. The van der Waals surface area contributed by atoms with Gasteiger partial charge in [0.05, 0.1) is 16.6 Å². The fourth-order valence-corrected chi connectivity index (χ4v) is 3.24. The summed E-state index contributed by atoms with van der Waals surface area (Å²) in [5.74, 6) is 0.824. The van der Waals surface area contributed by atoms with E-state index in [0.717, 1.165) is 34.6 Å². The molecule has 25 heavy (non-hydrogen) atoms. The highest BCUT2D eigenvalue weighted by Crippen LogP contribution is 2.28. The number of para-hydroxylation sites is 2. The number of aromatic nitrogens is 1. The summed E-state index contributed by atoms with van der Waals surface area (Å²) in [6, 6.07) is 15.4. The number of carbonyl (C=O) groups excluding carboxylic acids is 1. The molecule has 1 heterocycles. The Morgan fingerprint density at radius 2 is 1.72 bits per heavy atom. The van der Waals surface area contributed by atoms with E-state index in [1.807, 2.05) is 60.7 Å². The van der Waals surface area contributed by atoms with Crippen molar-refractivity contribution in [3.8, 4) is 0 Å². The van der Waals surface area contributed by atoms with E-state index in [4.69, 9.17) is 4.74 Å². The molecule has 1 aliphatic rings. The zero-order chi connectivity index (χ0) is 17.2. The van der Waals surface area contributed by atoms with E-state index in [-0.39, 0.29) is 5.97 Å². The van der Waals surface area contributed by atoms with E-state index < -0.39 is 0 Å². The maximum atomic E-state index is 13.0. The molecule has 0 aliphatic heterocycles. The molecule has 3 heteroatoms. The number of allylic oxidation sites excluding steroid dienone is 3.